The number of hydrogen-bond donors (Lipinski definition) is 0. The first-order chi connectivity index (χ1) is 16.9. The lowest BCUT2D eigenvalue weighted by Crippen LogP contribution is -2.58. The van der Waals surface area contributed by atoms with Gasteiger partial charge in [0.2, 0.25) is 6.79 Å². The van der Waals surface area contributed by atoms with E-state index in [1.165, 1.54) is 5.56 Å². The van der Waals surface area contributed by atoms with E-state index in [0.29, 0.717) is 6.04 Å². The molecule has 9 heteroatoms. The van der Waals surface area contributed by atoms with Gasteiger partial charge in [0.05, 0.1) is 23.5 Å². The molecule has 0 amide bonds. The Bertz CT molecular complexity index is 1340. The fraction of sp³-hybridized carbons (Fsp3) is 0.500. The second-order valence-corrected chi connectivity index (χ2v) is 9.41. The average Bonchev–Trinajstić information content (AvgIpc) is 3.52. The topological polar surface area (TPSA) is 88.5 Å². The minimum atomic E-state index is -0.0666. The van der Waals surface area contributed by atoms with Crippen molar-refractivity contribution in [3.8, 4) is 17.6 Å². The zero-order chi connectivity index (χ0) is 24.7. The van der Waals surface area contributed by atoms with Crippen LogP contribution in [-0.2, 0) is 13.6 Å². The maximum atomic E-state index is 12.9. The van der Waals surface area contributed by atoms with Crippen molar-refractivity contribution in [2.75, 3.05) is 24.8 Å². The molecule has 0 bridgehead atoms. The lowest BCUT2D eigenvalue weighted by Gasteiger charge is -2.49. The Hall–Kier alpha value is -3.51. The molecule has 5 rings (SSSR count). The highest BCUT2D eigenvalue weighted by atomic mass is 16.7. The second kappa shape index (κ2) is 9.27. The van der Waals surface area contributed by atoms with Gasteiger partial charge in [-0.25, -0.2) is 0 Å². The van der Waals surface area contributed by atoms with Gasteiger partial charge in [-0.2, -0.15) is 10.4 Å². The van der Waals surface area contributed by atoms with Crippen LogP contribution in [0.4, 0.5) is 5.69 Å². The number of aryl methyl sites for hydroxylation is 1. The van der Waals surface area contributed by atoms with Gasteiger partial charge in [-0.1, -0.05) is 19.9 Å². The van der Waals surface area contributed by atoms with Gasteiger partial charge in [-0.15, -0.1) is 0 Å². The van der Waals surface area contributed by atoms with Gasteiger partial charge in [0.25, 0.3) is 5.56 Å². The molecule has 2 aromatic heterocycles. The summed E-state index contributed by atoms with van der Waals surface area (Å²) in [6, 6.07) is 10.8. The molecule has 0 aliphatic carbocycles. The minimum Gasteiger partial charge on any atom is -0.454 e. The molecule has 1 saturated heterocycles. The van der Waals surface area contributed by atoms with Gasteiger partial charge in [-0.05, 0) is 37.5 Å². The molecule has 9 nitrogen and oxygen atoms in total. The third kappa shape index (κ3) is 4.02. The van der Waals surface area contributed by atoms with Gasteiger partial charge in [0, 0.05) is 44.3 Å². The largest absolute Gasteiger partial charge is 0.454 e. The Balaban J connectivity index is 1.49. The highest BCUT2D eigenvalue weighted by Crippen LogP contribution is 2.38. The first-order valence-corrected chi connectivity index (χ1v) is 12.3. The van der Waals surface area contributed by atoms with Crippen molar-refractivity contribution in [2.45, 2.75) is 58.3 Å². The number of piperazine rings is 1. The number of hydrogen-bond acceptors (Lipinski definition) is 7. The molecule has 3 aromatic rings. The third-order valence-corrected chi connectivity index (χ3v) is 7.54. The Kier molecular flexibility index (Phi) is 6.15. The molecule has 184 valence electrons. The number of nitrogens with zero attached hydrogens (tertiary/aromatic N) is 6. The van der Waals surface area contributed by atoms with Gasteiger partial charge in [-0.3, -0.25) is 14.4 Å². The first-order valence-electron chi connectivity index (χ1n) is 12.3. The van der Waals surface area contributed by atoms with Crippen LogP contribution in [-0.4, -0.2) is 51.2 Å². The summed E-state index contributed by atoms with van der Waals surface area (Å²) in [4.78, 5) is 17.8. The Morgan fingerprint density at radius 3 is 2.66 bits per heavy atom. The molecule has 1 aromatic carbocycles. The molecule has 0 spiro atoms. The van der Waals surface area contributed by atoms with Gasteiger partial charge in [0.1, 0.15) is 12.1 Å². The van der Waals surface area contributed by atoms with Gasteiger partial charge < -0.3 is 18.9 Å². The summed E-state index contributed by atoms with van der Waals surface area (Å²) < 4.78 is 14.3. The molecule has 2 aliphatic heterocycles. The number of nitriles is 1. The summed E-state index contributed by atoms with van der Waals surface area (Å²) >= 11 is 0. The van der Waals surface area contributed by atoms with E-state index in [-0.39, 0.29) is 31.0 Å². The lowest BCUT2D eigenvalue weighted by atomic mass is 9.96. The van der Waals surface area contributed by atoms with E-state index >= 15 is 0 Å². The van der Waals surface area contributed by atoms with Crippen molar-refractivity contribution in [3.05, 3.63) is 46.4 Å². The molecule has 1 unspecified atom stereocenters. The predicted molar refractivity (Wildman–Crippen MR) is 134 cm³/mol. The molecular formula is C26H32N6O3. The highest BCUT2D eigenvalue weighted by Gasteiger charge is 2.36. The molecule has 4 heterocycles. The van der Waals surface area contributed by atoms with Crippen molar-refractivity contribution >= 4 is 16.7 Å². The van der Waals surface area contributed by atoms with E-state index in [2.05, 4.69) is 53.9 Å². The summed E-state index contributed by atoms with van der Waals surface area (Å²) in [7, 11) is 1.75. The maximum absolute atomic E-state index is 12.9. The highest BCUT2D eigenvalue weighted by molar-refractivity contribution is 5.88. The zero-order valence-corrected chi connectivity index (χ0v) is 20.8. The van der Waals surface area contributed by atoms with E-state index in [0.717, 1.165) is 54.2 Å². The monoisotopic (exact) mass is 476 g/mol. The zero-order valence-electron chi connectivity index (χ0n) is 20.8. The van der Waals surface area contributed by atoms with Crippen LogP contribution in [0.2, 0.25) is 0 Å². The van der Waals surface area contributed by atoms with Crippen LogP contribution in [0, 0.1) is 11.3 Å². The fourth-order valence-electron chi connectivity index (χ4n) is 5.43. The van der Waals surface area contributed by atoms with Crippen molar-refractivity contribution in [1.29, 1.82) is 5.26 Å². The molecule has 35 heavy (non-hydrogen) atoms. The summed E-state index contributed by atoms with van der Waals surface area (Å²) in [5, 5.41) is 13.8. The number of benzene rings is 1. The lowest BCUT2D eigenvalue weighted by molar-refractivity contribution is 0.101. The van der Waals surface area contributed by atoms with Crippen molar-refractivity contribution in [3.63, 3.8) is 0 Å². The van der Waals surface area contributed by atoms with E-state index in [9.17, 15) is 4.79 Å². The van der Waals surface area contributed by atoms with Crippen LogP contribution in [0.15, 0.2) is 35.3 Å². The van der Waals surface area contributed by atoms with Crippen molar-refractivity contribution in [2.24, 2.45) is 7.05 Å². The Morgan fingerprint density at radius 2 is 1.91 bits per heavy atom. The van der Waals surface area contributed by atoms with Crippen molar-refractivity contribution in [1.82, 2.24) is 19.2 Å². The van der Waals surface area contributed by atoms with Crippen LogP contribution in [0.3, 0.4) is 0 Å². The number of aromatic nitrogens is 3. The van der Waals surface area contributed by atoms with Crippen LogP contribution >= 0.6 is 0 Å². The normalized spacial score (nSPS) is 20.8. The standard InChI is InChI=1S/C26H32N6O3/c1-5-19-14-32(21-12-25(33)29(4)22-15-30(10-9-27)28-26(21)22)20(6-2)13-31(19)17(3)18-7-8-23-24(11-18)35-16-34-23/h7-8,11-12,15,17,19-20H,5-6,10,13-14,16H2,1-4H3/t17?,19-,20+/m1/s1. The van der Waals surface area contributed by atoms with Crippen LogP contribution in [0.25, 0.3) is 11.0 Å². The number of ether oxygens (including phenoxy) is 2. The maximum Gasteiger partial charge on any atom is 0.252 e. The smallest absolute Gasteiger partial charge is 0.252 e. The predicted octanol–water partition coefficient (Wildman–Crippen LogP) is 3.43. The summed E-state index contributed by atoms with van der Waals surface area (Å²) in [6.07, 6.45) is 3.72. The summed E-state index contributed by atoms with van der Waals surface area (Å²) in [6.45, 7) is 8.77. The van der Waals surface area contributed by atoms with Crippen molar-refractivity contribution < 1.29 is 9.47 Å². The number of fused-ring (bicyclic) bond motifs is 2. The molecule has 0 radical (unpaired) electrons. The van der Waals surface area contributed by atoms with E-state index in [1.807, 2.05) is 6.07 Å². The number of pyridine rings is 1. The molecule has 0 N–H and O–H groups in total. The molecular weight excluding hydrogens is 444 g/mol. The summed E-state index contributed by atoms with van der Waals surface area (Å²) in [5.74, 6) is 1.61. The van der Waals surface area contributed by atoms with Crippen LogP contribution < -0.4 is 19.9 Å². The molecule has 3 atom stereocenters. The van der Waals surface area contributed by atoms with Gasteiger partial charge >= 0.3 is 0 Å². The number of anilines is 1. The Morgan fingerprint density at radius 1 is 1.14 bits per heavy atom. The van der Waals surface area contributed by atoms with Crippen LogP contribution in [0.1, 0.15) is 45.2 Å². The first kappa shape index (κ1) is 23.2. The summed E-state index contributed by atoms with van der Waals surface area (Å²) in [5.41, 5.74) is 3.53. The SMILES string of the molecule is CC[C@H]1CN(C(C)c2ccc3c(c2)OCO3)[C@H](CC)CN1c1cc(=O)n(C)c2cn(CC#N)nc12. The van der Waals surface area contributed by atoms with Gasteiger partial charge in [0.15, 0.2) is 11.5 Å². The fourth-order valence-corrected chi connectivity index (χ4v) is 5.43. The molecule has 1 fully saturated rings. The quantitative estimate of drug-likeness (QED) is 0.539. The minimum absolute atomic E-state index is 0.0666. The molecule has 2 aliphatic rings. The van der Waals surface area contributed by atoms with E-state index in [1.54, 1.807) is 28.6 Å². The second-order valence-electron chi connectivity index (χ2n) is 9.41. The number of rotatable bonds is 6. The van der Waals surface area contributed by atoms with E-state index in [4.69, 9.17) is 14.7 Å². The third-order valence-electron chi connectivity index (χ3n) is 7.54. The average molecular weight is 477 g/mol. The van der Waals surface area contributed by atoms with E-state index < -0.39 is 0 Å². The Labute approximate surface area is 205 Å². The van der Waals surface area contributed by atoms with Crippen LogP contribution in [0.5, 0.6) is 11.5 Å². The molecule has 0 saturated carbocycles.